The number of carbonyl (C=O) groups excluding carboxylic acids is 1. The Balaban J connectivity index is 1.02. The molecule has 41 heavy (non-hydrogen) atoms. The molecule has 4 saturated carbocycles. The van der Waals surface area contributed by atoms with E-state index < -0.39 is 13.7 Å². The van der Waals surface area contributed by atoms with Crippen molar-refractivity contribution >= 4 is 37.0 Å². The molecule has 2 atom stereocenters. The van der Waals surface area contributed by atoms with Crippen LogP contribution in [0.4, 0.5) is 27.7 Å². The van der Waals surface area contributed by atoms with Crippen LogP contribution in [0.15, 0.2) is 42.6 Å². The van der Waals surface area contributed by atoms with Crippen LogP contribution in [0.5, 0.6) is 0 Å². The summed E-state index contributed by atoms with van der Waals surface area (Å²) in [6, 6.07) is 12.7. The van der Waals surface area contributed by atoms with Gasteiger partial charge >= 0.3 is 6.03 Å². The van der Waals surface area contributed by atoms with Crippen LogP contribution >= 0.6 is 0 Å². The van der Waals surface area contributed by atoms with Crippen LogP contribution in [-0.2, 0) is 0 Å². The molecule has 1 aromatic carbocycles. The average Bonchev–Trinajstić information content (AvgIpc) is 2.93. The predicted molar refractivity (Wildman–Crippen MR) is 168 cm³/mol. The van der Waals surface area contributed by atoms with Gasteiger partial charge in [-0.2, -0.15) is 0 Å². The van der Waals surface area contributed by atoms with Crippen molar-refractivity contribution in [1.29, 1.82) is 0 Å². The number of anilines is 4. The fourth-order valence-corrected chi connectivity index (χ4v) is 10.5. The van der Waals surface area contributed by atoms with Gasteiger partial charge < -0.3 is 25.1 Å². The van der Waals surface area contributed by atoms with Crippen molar-refractivity contribution in [3.05, 3.63) is 42.6 Å². The first kappa shape index (κ1) is 27.2. The van der Waals surface area contributed by atoms with Gasteiger partial charge in [-0.3, -0.25) is 4.90 Å². The normalized spacial score (nSPS) is 31.4. The summed E-state index contributed by atoms with van der Waals surface area (Å²) in [5.41, 5.74) is 2.66. The van der Waals surface area contributed by atoms with Gasteiger partial charge in [0, 0.05) is 45.3 Å². The number of aliphatic hydroxyl groups is 1. The highest BCUT2D eigenvalue weighted by Gasteiger charge is 2.55. The molecule has 4 bridgehead atoms. The molecule has 5 fully saturated rings. The summed E-state index contributed by atoms with van der Waals surface area (Å²) in [6.07, 6.45) is 8.21. The van der Waals surface area contributed by atoms with Crippen molar-refractivity contribution in [2.45, 2.75) is 63.4 Å². The minimum absolute atomic E-state index is 0.00172. The molecule has 0 radical (unpaired) electrons. The minimum atomic E-state index is -1.08. The van der Waals surface area contributed by atoms with E-state index >= 15 is 0 Å². The molecule has 1 saturated heterocycles. The zero-order valence-corrected chi connectivity index (χ0v) is 25.9. The Morgan fingerprint density at radius 1 is 0.951 bits per heavy atom. The lowest BCUT2D eigenvalue weighted by atomic mass is 9.52. The molecule has 0 spiro atoms. The number of hydrogen-bond acceptors (Lipinski definition) is 6. The molecule has 3 heterocycles. The first-order valence-corrected chi connectivity index (χ1v) is 19.5. The van der Waals surface area contributed by atoms with Crippen LogP contribution in [0.1, 0.15) is 32.1 Å². The number of piperazine rings is 1. The Morgan fingerprint density at radius 2 is 1.66 bits per heavy atom. The third kappa shape index (κ3) is 5.36. The molecule has 1 aromatic heterocycles. The van der Waals surface area contributed by atoms with Crippen LogP contribution < -0.4 is 20.0 Å². The number of nitrogens with zero attached hydrogens (tertiary/aromatic N) is 5. The average molecular weight is 575 g/mol. The highest BCUT2D eigenvalue weighted by atomic mass is 28.3. The zero-order valence-electron chi connectivity index (χ0n) is 24.9. The van der Waals surface area contributed by atoms with E-state index in [1.165, 1.54) is 11.9 Å². The SMILES string of the molecule is C[Si](C)(C)CN1CCN(c2ccc(N3CCN(C(=O)NC4C5CC6CC4CC(O)(C6)C5)c4ccccc43)nc2)CC1. The molecule has 9 heteroatoms. The second-order valence-electron chi connectivity index (χ2n) is 14.7. The first-order chi connectivity index (χ1) is 19.6. The lowest BCUT2D eigenvalue weighted by Gasteiger charge is -2.58. The molecule has 6 aliphatic rings. The minimum Gasteiger partial charge on any atom is -0.390 e. The topological polar surface area (TPSA) is 75.2 Å². The van der Waals surface area contributed by atoms with Crippen molar-refractivity contribution in [2.75, 3.05) is 60.1 Å². The summed E-state index contributed by atoms with van der Waals surface area (Å²) in [4.78, 5) is 27.9. The molecule has 4 aliphatic carbocycles. The molecule has 2 amide bonds. The summed E-state index contributed by atoms with van der Waals surface area (Å²) in [5, 5.41) is 14.4. The van der Waals surface area contributed by atoms with Crippen LogP contribution in [0.3, 0.4) is 0 Å². The number of nitrogens with one attached hydrogen (secondary N) is 1. The lowest BCUT2D eigenvalue weighted by Crippen LogP contribution is -2.63. The maximum absolute atomic E-state index is 13.7. The molecular formula is C32H46N6O2Si. The maximum Gasteiger partial charge on any atom is 0.322 e. The van der Waals surface area contributed by atoms with E-state index in [0.29, 0.717) is 30.8 Å². The monoisotopic (exact) mass is 574 g/mol. The summed E-state index contributed by atoms with van der Waals surface area (Å²) in [6.45, 7) is 13.0. The standard InChI is InChI=1S/C32H46N6O2Si/c1-41(2,3)22-35-10-12-36(13-11-35)26-8-9-29(33-21-26)37-14-15-38(28-7-5-4-6-27(28)37)31(39)34-30-24-16-23-17-25(30)20-32(40,18-23)19-24/h4-9,21,23-25,30,40H,10-20,22H2,1-3H3,(H,34,39). The quantitative estimate of drug-likeness (QED) is 0.505. The van der Waals surface area contributed by atoms with E-state index in [1.54, 1.807) is 0 Å². The maximum atomic E-state index is 13.7. The third-order valence-corrected chi connectivity index (χ3v) is 11.6. The van der Waals surface area contributed by atoms with Crippen molar-refractivity contribution in [3.63, 3.8) is 0 Å². The lowest BCUT2D eigenvalue weighted by molar-refractivity contribution is -0.136. The van der Waals surface area contributed by atoms with E-state index in [9.17, 15) is 9.90 Å². The number of hydrogen-bond donors (Lipinski definition) is 2. The molecule has 8 nitrogen and oxygen atoms in total. The number of benzene rings is 1. The molecule has 220 valence electrons. The molecule has 2 unspecified atom stereocenters. The molecule has 2 aliphatic heterocycles. The van der Waals surface area contributed by atoms with Crippen LogP contribution in [0.25, 0.3) is 0 Å². The highest BCUT2D eigenvalue weighted by Crippen LogP contribution is 2.55. The second kappa shape index (κ2) is 10.3. The second-order valence-corrected chi connectivity index (χ2v) is 20.1. The van der Waals surface area contributed by atoms with E-state index in [1.807, 2.05) is 23.2 Å². The summed E-state index contributed by atoms with van der Waals surface area (Å²) < 4.78 is 0. The van der Waals surface area contributed by atoms with E-state index in [0.717, 1.165) is 75.5 Å². The number of aromatic nitrogens is 1. The highest BCUT2D eigenvalue weighted by molar-refractivity contribution is 6.76. The van der Waals surface area contributed by atoms with Gasteiger partial charge in [-0.1, -0.05) is 31.8 Å². The number of urea groups is 1. The fourth-order valence-electron chi connectivity index (χ4n) is 8.81. The Hall–Kier alpha value is -2.62. The molecule has 2 aromatic rings. The van der Waals surface area contributed by atoms with Gasteiger partial charge in [0.15, 0.2) is 0 Å². The summed E-state index contributed by atoms with van der Waals surface area (Å²) in [7, 11) is -1.08. The zero-order chi connectivity index (χ0) is 28.4. The number of fused-ring (bicyclic) bond motifs is 1. The van der Waals surface area contributed by atoms with E-state index in [-0.39, 0.29) is 12.1 Å². The Bertz CT molecular complexity index is 1260. The Labute approximate surface area is 245 Å². The van der Waals surface area contributed by atoms with Gasteiger partial charge in [-0.05, 0) is 80.3 Å². The number of carbonyl (C=O) groups is 1. The van der Waals surface area contributed by atoms with E-state index in [4.69, 9.17) is 4.98 Å². The fraction of sp³-hybridized carbons (Fsp3) is 0.625. The molecular weight excluding hydrogens is 528 g/mol. The predicted octanol–water partition coefficient (Wildman–Crippen LogP) is 4.69. The molecule has 8 rings (SSSR count). The number of para-hydroxylation sites is 2. The summed E-state index contributed by atoms with van der Waals surface area (Å²) in [5.74, 6) is 2.36. The Morgan fingerprint density at radius 3 is 2.29 bits per heavy atom. The number of rotatable bonds is 5. The first-order valence-electron chi connectivity index (χ1n) is 15.7. The van der Waals surface area contributed by atoms with Crippen molar-refractivity contribution in [1.82, 2.24) is 15.2 Å². The Kier molecular flexibility index (Phi) is 6.82. The van der Waals surface area contributed by atoms with Gasteiger partial charge in [-0.25, -0.2) is 9.78 Å². The number of amides is 2. The van der Waals surface area contributed by atoms with Gasteiger partial charge in [0.1, 0.15) is 5.82 Å². The van der Waals surface area contributed by atoms with Crippen LogP contribution in [-0.4, -0.2) is 86.2 Å². The smallest absolute Gasteiger partial charge is 0.322 e. The van der Waals surface area contributed by atoms with Crippen molar-refractivity contribution in [2.24, 2.45) is 17.8 Å². The largest absolute Gasteiger partial charge is 0.390 e. The van der Waals surface area contributed by atoms with Crippen LogP contribution in [0.2, 0.25) is 19.6 Å². The third-order valence-electron chi connectivity index (χ3n) is 10.2. The van der Waals surface area contributed by atoms with Crippen LogP contribution in [0, 0.1) is 17.8 Å². The molecule has 2 N–H and O–H groups in total. The van der Waals surface area contributed by atoms with Gasteiger partial charge in [0.2, 0.25) is 0 Å². The van der Waals surface area contributed by atoms with Crippen molar-refractivity contribution < 1.29 is 9.90 Å². The van der Waals surface area contributed by atoms with Gasteiger partial charge in [0.05, 0.1) is 36.9 Å². The van der Waals surface area contributed by atoms with E-state index in [2.05, 4.69) is 63.9 Å². The number of pyridine rings is 1. The summed E-state index contributed by atoms with van der Waals surface area (Å²) >= 11 is 0. The van der Waals surface area contributed by atoms with Gasteiger partial charge in [0.25, 0.3) is 0 Å². The van der Waals surface area contributed by atoms with Gasteiger partial charge in [-0.15, -0.1) is 0 Å². The van der Waals surface area contributed by atoms with Crippen molar-refractivity contribution in [3.8, 4) is 0 Å².